The lowest BCUT2D eigenvalue weighted by molar-refractivity contribution is -0.104. The van der Waals surface area contributed by atoms with Crippen LogP contribution in [0.4, 0.5) is 0 Å². The van der Waals surface area contributed by atoms with Crippen molar-refractivity contribution < 1.29 is 4.79 Å². The van der Waals surface area contributed by atoms with E-state index in [1.165, 1.54) is 6.08 Å². The molecule has 1 aromatic rings. The third kappa shape index (κ3) is 2.91. The van der Waals surface area contributed by atoms with E-state index in [0.717, 1.165) is 20.8 Å². The fourth-order valence-electron chi connectivity index (χ4n) is 0.822. The van der Waals surface area contributed by atoms with Crippen molar-refractivity contribution in [3.05, 3.63) is 38.8 Å². The molecule has 0 heterocycles. The monoisotopic (exact) mass is 288 g/mol. The lowest BCUT2D eigenvalue weighted by atomic mass is 10.2. The highest BCUT2D eigenvalue weighted by molar-refractivity contribution is 9.11. The van der Waals surface area contributed by atoms with E-state index in [1.807, 2.05) is 18.2 Å². The summed E-state index contributed by atoms with van der Waals surface area (Å²) in [7, 11) is 0. The molecule has 0 amide bonds. The van der Waals surface area contributed by atoms with Crippen molar-refractivity contribution in [2.75, 3.05) is 0 Å². The molecule has 1 nitrogen and oxygen atoms in total. The van der Waals surface area contributed by atoms with E-state index < -0.39 is 0 Å². The summed E-state index contributed by atoms with van der Waals surface area (Å²) in [4.78, 5) is 10.0. The molecule has 0 aliphatic carbocycles. The highest BCUT2D eigenvalue weighted by atomic mass is 79.9. The van der Waals surface area contributed by atoms with Crippen molar-refractivity contribution in [2.24, 2.45) is 0 Å². The summed E-state index contributed by atoms with van der Waals surface area (Å²) in [5.41, 5.74) is 0.989. The molecule has 0 saturated carbocycles. The van der Waals surface area contributed by atoms with Crippen LogP contribution in [0.2, 0.25) is 0 Å². The molecule has 0 bridgehead atoms. The van der Waals surface area contributed by atoms with Crippen LogP contribution in [0.5, 0.6) is 0 Å². The van der Waals surface area contributed by atoms with Crippen LogP contribution < -0.4 is 0 Å². The molecule has 0 aliphatic heterocycles. The maximum atomic E-state index is 10.0. The van der Waals surface area contributed by atoms with Gasteiger partial charge in [0.15, 0.2) is 0 Å². The zero-order chi connectivity index (χ0) is 8.97. The van der Waals surface area contributed by atoms with Crippen molar-refractivity contribution in [3.63, 3.8) is 0 Å². The van der Waals surface area contributed by atoms with Crippen molar-refractivity contribution in [1.29, 1.82) is 0 Å². The molecule has 0 aromatic heterocycles. The number of rotatable bonds is 2. The van der Waals surface area contributed by atoms with Crippen LogP contribution in [-0.2, 0) is 4.79 Å². The van der Waals surface area contributed by atoms with Crippen LogP contribution in [-0.4, -0.2) is 6.29 Å². The summed E-state index contributed by atoms with van der Waals surface area (Å²) in [6, 6.07) is 5.81. The molecular formula is C9H6Br2O. The second kappa shape index (κ2) is 4.58. The largest absolute Gasteiger partial charge is 0.299 e. The lowest BCUT2D eigenvalue weighted by Gasteiger charge is -1.96. The zero-order valence-corrected chi connectivity index (χ0v) is 9.30. The second-order valence-electron chi connectivity index (χ2n) is 2.20. The normalized spacial score (nSPS) is 10.5. The third-order valence-corrected chi connectivity index (χ3v) is 2.17. The van der Waals surface area contributed by atoms with Gasteiger partial charge in [0.1, 0.15) is 6.29 Å². The minimum absolute atomic E-state index is 0.759. The first-order valence-corrected chi connectivity index (χ1v) is 4.89. The molecule has 0 unspecified atom stereocenters. The number of allylic oxidation sites excluding steroid dienone is 1. The van der Waals surface area contributed by atoms with Gasteiger partial charge >= 0.3 is 0 Å². The predicted octanol–water partition coefficient (Wildman–Crippen LogP) is 3.42. The predicted molar refractivity (Wildman–Crippen MR) is 56.9 cm³/mol. The topological polar surface area (TPSA) is 17.1 Å². The fraction of sp³-hybridized carbons (Fsp3) is 0. The molecule has 0 aliphatic rings. The van der Waals surface area contributed by atoms with Gasteiger partial charge in [-0.3, -0.25) is 4.79 Å². The first-order valence-electron chi connectivity index (χ1n) is 3.30. The van der Waals surface area contributed by atoms with Gasteiger partial charge in [-0.15, -0.1) is 0 Å². The first-order chi connectivity index (χ1) is 5.72. The summed E-state index contributed by atoms with van der Waals surface area (Å²) in [5, 5.41) is 0. The summed E-state index contributed by atoms with van der Waals surface area (Å²) < 4.78 is 1.98. The summed E-state index contributed by atoms with van der Waals surface area (Å²) >= 11 is 6.71. The summed E-state index contributed by atoms with van der Waals surface area (Å²) in [6.45, 7) is 0. The number of aldehydes is 1. The maximum Gasteiger partial charge on any atom is 0.142 e. The SMILES string of the molecule is O=C/C=C/c1cc(Br)cc(Br)c1. The van der Waals surface area contributed by atoms with Crippen molar-refractivity contribution in [2.45, 2.75) is 0 Å². The molecule has 0 N–H and O–H groups in total. The van der Waals surface area contributed by atoms with E-state index in [4.69, 9.17) is 0 Å². The number of hydrogen-bond acceptors (Lipinski definition) is 1. The van der Waals surface area contributed by atoms with Gasteiger partial charge in [-0.1, -0.05) is 37.9 Å². The van der Waals surface area contributed by atoms with Crippen molar-refractivity contribution >= 4 is 44.2 Å². The molecule has 0 saturated heterocycles. The van der Waals surface area contributed by atoms with Crippen LogP contribution in [0.1, 0.15) is 5.56 Å². The Bertz CT molecular complexity index is 298. The minimum Gasteiger partial charge on any atom is -0.299 e. The highest BCUT2D eigenvalue weighted by Gasteiger charge is 1.92. The maximum absolute atomic E-state index is 10.0. The van der Waals surface area contributed by atoms with E-state index >= 15 is 0 Å². The average Bonchev–Trinajstić information content (AvgIpc) is 1.99. The molecular weight excluding hydrogens is 284 g/mol. The van der Waals surface area contributed by atoms with Gasteiger partial charge in [0.25, 0.3) is 0 Å². The van der Waals surface area contributed by atoms with Crippen molar-refractivity contribution in [1.82, 2.24) is 0 Å². The van der Waals surface area contributed by atoms with Gasteiger partial charge in [-0.05, 0) is 29.8 Å². The summed E-state index contributed by atoms with van der Waals surface area (Å²) in [5.74, 6) is 0. The molecule has 0 atom stereocenters. The highest BCUT2D eigenvalue weighted by Crippen LogP contribution is 2.20. The molecule has 0 radical (unpaired) electrons. The van der Waals surface area contributed by atoms with Gasteiger partial charge in [-0.2, -0.15) is 0 Å². The molecule has 12 heavy (non-hydrogen) atoms. The molecule has 62 valence electrons. The molecule has 1 aromatic carbocycles. The van der Waals surface area contributed by atoms with E-state index in [0.29, 0.717) is 0 Å². The lowest BCUT2D eigenvalue weighted by Crippen LogP contribution is -1.73. The first kappa shape index (κ1) is 9.68. The molecule has 0 spiro atoms. The van der Waals surface area contributed by atoms with E-state index in [9.17, 15) is 4.79 Å². The van der Waals surface area contributed by atoms with Gasteiger partial charge < -0.3 is 0 Å². The Morgan fingerprint density at radius 3 is 2.17 bits per heavy atom. The van der Waals surface area contributed by atoms with E-state index in [2.05, 4.69) is 31.9 Å². The smallest absolute Gasteiger partial charge is 0.142 e. The van der Waals surface area contributed by atoms with Crippen LogP contribution in [0.3, 0.4) is 0 Å². The number of carbonyl (C=O) groups excluding carboxylic acids is 1. The number of carbonyl (C=O) groups is 1. The zero-order valence-electron chi connectivity index (χ0n) is 6.13. The fourth-order valence-corrected chi connectivity index (χ4v) is 2.15. The Morgan fingerprint density at radius 1 is 1.08 bits per heavy atom. The quantitative estimate of drug-likeness (QED) is 0.602. The van der Waals surface area contributed by atoms with Crippen LogP contribution in [0.25, 0.3) is 6.08 Å². The Labute approximate surface area is 87.7 Å². The molecule has 0 fully saturated rings. The standard InChI is InChI=1S/C9H6Br2O/c10-8-4-7(2-1-3-12)5-9(11)6-8/h1-6H/b2-1+. The van der Waals surface area contributed by atoms with Gasteiger partial charge in [0.2, 0.25) is 0 Å². The molecule has 3 heteroatoms. The number of benzene rings is 1. The Morgan fingerprint density at radius 2 is 1.67 bits per heavy atom. The second-order valence-corrected chi connectivity index (χ2v) is 4.03. The van der Waals surface area contributed by atoms with Gasteiger partial charge in [-0.25, -0.2) is 0 Å². The minimum atomic E-state index is 0.759. The van der Waals surface area contributed by atoms with Crippen LogP contribution >= 0.6 is 31.9 Å². The van der Waals surface area contributed by atoms with Crippen molar-refractivity contribution in [3.8, 4) is 0 Å². The Kier molecular flexibility index (Phi) is 3.69. The van der Waals surface area contributed by atoms with Crippen LogP contribution in [0.15, 0.2) is 33.2 Å². The number of halogens is 2. The van der Waals surface area contributed by atoms with E-state index in [1.54, 1.807) is 6.08 Å². The average molecular weight is 290 g/mol. The number of hydrogen-bond donors (Lipinski definition) is 0. The van der Waals surface area contributed by atoms with E-state index in [-0.39, 0.29) is 0 Å². The summed E-state index contributed by atoms with van der Waals surface area (Å²) in [6.07, 6.45) is 3.98. The van der Waals surface area contributed by atoms with Gasteiger partial charge in [0, 0.05) is 8.95 Å². The molecule has 1 rings (SSSR count). The van der Waals surface area contributed by atoms with Crippen LogP contribution in [0, 0.1) is 0 Å². The third-order valence-electron chi connectivity index (χ3n) is 1.25. The Balaban J connectivity index is 3.00. The Hall–Kier alpha value is -0.410. The van der Waals surface area contributed by atoms with Gasteiger partial charge in [0.05, 0.1) is 0 Å².